The molecular formula is C20H21F3N2O3. The van der Waals surface area contributed by atoms with Crippen molar-refractivity contribution in [2.45, 2.75) is 26.6 Å². The molecule has 0 aliphatic carbocycles. The molecule has 150 valence electrons. The second-order valence-corrected chi connectivity index (χ2v) is 6.09. The van der Waals surface area contributed by atoms with E-state index in [1.807, 2.05) is 0 Å². The molecular weight excluding hydrogens is 373 g/mol. The van der Waals surface area contributed by atoms with E-state index in [1.54, 1.807) is 32.0 Å². The number of halogens is 3. The maximum Gasteiger partial charge on any atom is 0.416 e. The van der Waals surface area contributed by atoms with Gasteiger partial charge in [0.25, 0.3) is 5.91 Å². The number of ether oxygens (including phenoxy) is 1. The fourth-order valence-electron chi connectivity index (χ4n) is 2.37. The monoisotopic (exact) mass is 394 g/mol. The van der Waals surface area contributed by atoms with E-state index < -0.39 is 17.6 Å². The van der Waals surface area contributed by atoms with Crippen molar-refractivity contribution in [2.75, 3.05) is 18.5 Å². The Bertz CT molecular complexity index is 834. The minimum Gasteiger partial charge on any atom is -0.372 e. The summed E-state index contributed by atoms with van der Waals surface area (Å²) in [5, 5.41) is 5.33. The van der Waals surface area contributed by atoms with Gasteiger partial charge in [0.1, 0.15) is 6.61 Å². The Labute approximate surface area is 160 Å². The number of carbonyl (C=O) groups is 2. The van der Waals surface area contributed by atoms with Crippen molar-refractivity contribution in [1.29, 1.82) is 0 Å². The van der Waals surface area contributed by atoms with E-state index in [-0.39, 0.29) is 19.1 Å². The number of aryl methyl sites for hydroxylation is 1. The minimum atomic E-state index is -4.40. The van der Waals surface area contributed by atoms with Crippen LogP contribution in [-0.4, -0.2) is 25.0 Å². The van der Waals surface area contributed by atoms with Gasteiger partial charge in [-0.15, -0.1) is 0 Å². The normalized spacial score (nSPS) is 11.2. The summed E-state index contributed by atoms with van der Waals surface area (Å²) in [4.78, 5) is 24.1. The Morgan fingerprint density at radius 2 is 1.75 bits per heavy atom. The molecule has 2 rings (SSSR count). The van der Waals surface area contributed by atoms with Gasteiger partial charge in [-0.25, -0.2) is 0 Å². The van der Waals surface area contributed by atoms with Gasteiger partial charge in [-0.3, -0.25) is 9.59 Å². The van der Waals surface area contributed by atoms with E-state index in [4.69, 9.17) is 4.74 Å². The molecule has 0 fully saturated rings. The lowest BCUT2D eigenvalue weighted by Crippen LogP contribution is -2.23. The summed E-state index contributed by atoms with van der Waals surface area (Å²) in [6.07, 6.45) is -4.40. The van der Waals surface area contributed by atoms with Crippen LogP contribution in [0.15, 0.2) is 42.5 Å². The van der Waals surface area contributed by atoms with Gasteiger partial charge >= 0.3 is 6.18 Å². The fourth-order valence-corrected chi connectivity index (χ4v) is 2.37. The lowest BCUT2D eigenvalue weighted by atomic mass is 10.1. The Balaban J connectivity index is 2.00. The summed E-state index contributed by atoms with van der Waals surface area (Å²) in [6, 6.07) is 9.42. The van der Waals surface area contributed by atoms with Crippen LogP contribution in [0.4, 0.5) is 18.9 Å². The van der Waals surface area contributed by atoms with E-state index in [0.717, 1.165) is 17.7 Å². The Hall–Kier alpha value is -2.87. The van der Waals surface area contributed by atoms with Crippen molar-refractivity contribution in [2.24, 2.45) is 0 Å². The zero-order valence-corrected chi connectivity index (χ0v) is 15.5. The van der Waals surface area contributed by atoms with Gasteiger partial charge in [-0.1, -0.05) is 18.2 Å². The zero-order chi connectivity index (χ0) is 20.7. The predicted octanol–water partition coefficient (Wildman–Crippen LogP) is 3.92. The molecule has 0 saturated heterocycles. The van der Waals surface area contributed by atoms with E-state index in [0.29, 0.717) is 23.4 Å². The van der Waals surface area contributed by atoms with Crippen molar-refractivity contribution >= 4 is 17.5 Å². The number of carbonyl (C=O) groups excluding carboxylic acids is 2. The second kappa shape index (κ2) is 9.36. The van der Waals surface area contributed by atoms with Crippen molar-refractivity contribution < 1.29 is 27.5 Å². The van der Waals surface area contributed by atoms with Crippen LogP contribution in [0.25, 0.3) is 0 Å². The van der Waals surface area contributed by atoms with E-state index in [9.17, 15) is 22.8 Å². The lowest BCUT2D eigenvalue weighted by molar-refractivity contribution is -0.137. The minimum absolute atomic E-state index is 0.0802. The fraction of sp³-hybridized carbons (Fsp3) is 0.300. The number of anilines is 1. The topological polar surface area (TPSA) is 67.4 Å². The number of alkyl halides is 3. The highest BCUT2D eigenvalue weighted by atomic mass is 19.4. The Kier molecular flexibility index (Phi) is 7.17. The highest BCUT2D eigenvalue weighted by Gasteiger charge is 2.29. The molecule has 0 bridgehead atoms. The van der Waals surface area contributed by atoms with Crippen molar-refractivity contribution in [3.63, 3.8) is 0 Å². The maximum absolute atomic E-state index is 12.6. The molecule has 2 amide bonds. The third kappa shape index (κ3) is 6.09. The number of rotatable bonds is 7. The van der Waals surface area contributed by atoms with Gasteiger partial charge in [-0.05, 0) is 49.2 Å². The molecule has 2 aromatic rings. The van der Waals surface area contributed by atoms with Crippen LogP contribution in [0.1, 0.15) is 34.0 Å². The second-order valence-electron chi connectivity index (χ2n) is 6.09. The third-order valence-electron chi connectivity index (χ3n) is 3.95. The van der Waals surface area contributed by atoms with Crippen molar-refractivity contribution in [3.8, 4) is 0 Å². The van der Waals surface area contributed by atoms with Gasteiger partial charge < -0.3 is 15.4 Å². The van der Waals surface area contributed by atoms with Crippen LogP contribution >= 0.6 is 0 Å². The molecule has 0 spiro atoms. The molecule has 28 heavy (non-hydrogen) atoms. The molecule has 5 nitrogen and oxygen atoms in total. The number of hydrogen-bond donors (Lipinski definition) is 2. The van der Waals surface area contributed by atoms with Crippen LogP contribution in [-0.2, 0) is 22.3 Å². The van der Waals surface area contributed by atoms with Gasteiger partial charge in [0.2, 0.25) is 5.91 Å². The van der Waals surface area contributed by atoms with Gasteiger partial charge in [0.15, 0.2) is 0 Å². The van der Waals surface area contributed by atoms with E-state index in [2.05, 4.69) is 10.6 Å². The van der Waals surface area contributed by atoms with Crippen LogP contribution in [0, 0.1) is 6.92 Å². The maximum atomic E-state index is 12.6. The number of nitrogens with one attached hydrogen (secondary N) is 2. The SMILES string of the molecule is CCOCC(=O)Nc1cc(C(=O)NCc2ccc(C(F)(F)F)cc2)ccc1C. The Morgan fingerprint density at radius 3 is 2.36 bits per heavy atom. The van der Waals surface area contributed by atoms with Gasteiger partial charge in [0.05, 0.1) is 5.56 Å². The summed E-state index contributed by atoms with van der Waals surface area (Å²) in [6.45, 7) is 3.98. The Morgan fingerprint density at radius 1 is 1.07 bits per heavy atom. The lowest BCUT2D eigenvalue weighted by Gasteiger charge is -2.12. The van der Waals surface area contributed by atoms with E-state index in [1.165, 1.54) is 12.1 Å². The van der Waals surface area contributed by atoms with Crippen LogP contribution < -0.4 is 10.6 Å². The smallest absolute Gasteiger partial charge is 0.372 e. The predicted molar refractivity (Wildman–Crippen MR) is 98.9 cm³/mol. The summed E-state index contributed by atoms with van der Waals surface area (Å²) in [7, 11) is 0. The molecule has 2 N–H and O–H groups in total. The molecule has 0 radical (unpaired) electrons. The first-order valence-corrected chi connectivity index (χ1v) is 8.63. The highest BCUT2D eigenvalue weighted by molar-refractivity contribution is 5.98. The molecule has 8 heteroatoms. The first-order chi connectivity index (χ1) is 13.2. The van der Waals surface area contributed by atoms with Crippen LogP contribution in [0.5, 0.6) is 0 Å². The van der Waals surface area contributed by atoms with Gasteiger partial charge in [-0.2, -0.15) is 13.2 Å². The molecule has 0 saturated carbocycles. The highest BCUT2D eigenvalue weighted by Crippen LogP contribution is 2.29. The summed E-state index contributed by atoms with van der Waals surface area (Å²) in [5.74, 6) is -0.729. The molecule has 0 atom stereocenters. The summed E-state index contributed by atoms with van der Waals surface area (Å²) in [5.41, 5.74) is 1.40. The number of hydrogen-bond acceptors (Lipinski definition) is 3. The number of amides is 2. The van der Waals surface area contributed by atoms with E-state index >= 15 is 0 Å². The molecule has 0 aliphatic rings. The largest absolute Gasteiger partial charge is 0.416 e. The molecule has 2 aromatic carbocycles. The zero-order valence-electron chi connectivity index (χ0n) is 15.5. The molecule has 0 aliphatic heterocycles. The molecule has 0 unspecified atom stereocenters. The van der Waals surface area contributed by atoms with Crippen LogP contribution in [0.2, 0.25) is 0 Å². The molecule has 0 aromatic heterocycles. The first-order valence-electron chi connectivity index (χ1n) is 8.63. The average molecular weight is 394 g/mol. The standard InChI is InChI=1S/C20H21F3N2O3/c1-3-28-12-18(26)25-17-10-15(7-4-13(17)2)19(27)24-11-14-5-8-16(9-6-14)20(21,22)23/h4-10H,3,11-12H2,1-2H3,(H,24,27)(H,25,26). The number of benzene rings is 2. The van der Waals surface area contributed by atoms with Crippen molar-refractivity contribution in [3.05, 3.63) is 64.7 Å². The summed E-state index contributed by atoms with van der Waals surface area (Å²) < 4.78 is 42.8. The van der Waals surface area contributed by atoms with Crippen molar-refractivity contribution in [1.82, 2.24) is 5.32 Å². The van der Waals surface area contributed by atoms with Gasteiger partial charge in [0, 0.05) is 24.4 Å². The molecule has 0 heterocycles. The average Bonchev–Trinajstić information content (AvgIpc) is 2.65. The summed E-state index contributed by atoms with van der Waals surface area (Å²) >= 11 is 0. The third-order valence-corrected chi connectivity index (χ3v) is 3.95. The quantitative estimate of drug-likeness (QED) is 0.748. The first kappa shape index (κ1) is 21.4. The van der Waals surface area contributed by atoms with Crippen LogP contribution in [0.3, 0.4) is 0 Å².